The number of rotatable bonds is 8. The van der Waals surface area contributed by atoms with Gasteiger partial charge in [-0.15, -0.1) is 0 Å². The van der Waals surface area contributed by atoms with Crippen molar-refractivity contribution >= 4 is 17.6 Å². The third-order valence-electron chi connectivity index (χ3n) is 6.48. The summed E-state index contributed by atoms with van der Waals surface area (Å²) in [4.78, 5) is 30.4. The van der Waals surface area contributed by atoms with Crippen molar-refractivity contribution in [3.05, 3.63) is 59.7 Å². The summed E-state index contributed by atoms with van der Waals surface area (Å²) in [5, 5.41) is 9.06. The number of hydrogen-bond acceptors (Lipinski definition) is 5. The van der Waals surface area contributed by atoms with E-state index in [9.17, 15) is 14.0 Å². The molecule has 1 N–H and O–H groups in total. The molecular weight excluding hydrogens is 463 g/mol. The van der Waals surface area contributed by atoms with Crippen molar-refractivity contribution in [3.63, 3.8) is 0 Å². The number of morpholine rings is 1. The maximum absolute atomic E-state index is 13.6. The molecule has 1 aromatic carbocycles. The zero-order valence-electron chi connectivity index (χ0n) is 21.2. The molecule has 3 heterocycles. The number of urea groups is 1. The first-order chi connectivity index (χ1) is 17.3. The van der Waals surface area contributed by atoms with Gasteiger partial charge >= 0.3 is 6.03 Å². The molecule has 2 aliphatic heterocycles. The molecule has 0 radical (unpaired) electrons. The number of nitrogens with one attached hydrogen (secondary N) is 1. The number of aryl methyl sites for hydroxylation is 1. The van der Waals surface area contributed by atoms with Gasteiger partial charge in [-0.05, 0) is 43.7 Å². The molecule has 1 atom stereocenters. The van der Waals surface area contributed by atoms with Crippen molar-refractivity contribution in [1.29, 1.82) is 0 Å². The Bertz CT molecular complexity index is 1080. The summed E-state index contributed by atoms with van der Waals surface area (Å²) in [5.41, 5.74) is 2.49. The molecule has 2 aliphatic rings. The number of hydrogen-bond donors (Lipinski definition) is 1. The molecule has 1 saturated heterocycles. The zero-order chi connectivity index (χ0) is 25.7. The molecule has 1 aromatic heterocycles. The quantitative estimate of drug-likeness (QED) is 0.607. The van der Waals surface area contributed by atoms with Gasteiger partial charge in [0.25, 0.3) is 5.91 Å². The van der Waals surface area contributed by atoms with E-state index in [4.69, 9.17) is 9.84 Å². The van der Waals surface area contributed by atoms with Crippen LogP contribution in [0.15, 0.2) is 47.7 Å². The van der Waals surface area contributed by atoms with E-state index in [0.717, 1.165) is 30.1 Å². The van der Waals surface area contributed by atoms with Gasteiger partial charge in [-0.1, -0.05) is 12.1 Å². The largest absolute Gasteiger partial charge is 0.379 e. The SMILES string of the molecule is CC(C)NC(=O)N(CCN1CCOCC1)CC(=O)N1N=C(c2cccn2C)CC1c1ccc(F)cc1. The summed E-state index contributed by atoms with van der Waals surface area (Å²) >= 11 is 0. The molecule has 0 saturated carbocycles. The highest BCUT2D eigenvalue weighted by atomic mass is 19.1. The molecule has 0 aliphatic carbocycles. The van der Waals surface area contributed by atoms with Crippen LogP contribution in [0, 0.1) is 5.82 Å². The van der Waals surface area contributed by atoms with Crippen LogP contribution < -0.4 is 5.32 Å². The van der Waals surface area contributed by atoms with Gasteiger partial charge in [0.05, 0.1) is 30.7 Å². The summed E-state index contributed by atoms with van der Waals surface area (Å²) < 4.78 is 21.0. The zero-order valence-corrected chi connectivity index (χ0v) is 21.2. The third kappa shape index (κ3) is 6.30. The lowest BCUT2D eigenvalue weighted by molar-refractivity contribution is -0.133. The van der Waals surface area contributed by atoms with E-state index >= 15 is 0 Å². The van der Waals surface area contributed by atoms with Gasteiger partial charge in [-0.2, -0.15) is 5.10 Å². The van der Waals surface area contributed by atoms with E-state index in [2.05, 4.69) is 10.2 Å². The number of nitrogens with zero attached hydrogens (tertiary/aromatic N) is 5. The van der Waals surface area contributed by atoms with Crippen LogP contribution in [0.1, 0.15) is 37.6 Å². The topological polar surface area (TPSA) is 82.4 Å². The molecule has 1 unspecified atom stereocenters. The lowest BCUT2D eigenvalue weighted by Gasteiger charge is -2.31. The number of ether oxygens (including phenoxy) is 1. The molecular formula is C26H35FN6O3. The van der Waals surface area contributed by atoms with E-state index in [0.29, 0.717) is 32.7 Å². The number of amides is 3. The number of carbonyl (C=O) groups is 2. The first-order valence-electron chi connectivity index (χ1n) is 12.4. The van der Waals surface area contributed by atoms with Gasteiger partial charge in [0, 0.05) is 51.9 Å². The predicted octanol–water partition coefficient (Wildman–Crippen LogP) is 2.59. The van der Waals surface area contributed by atoms with Crippen molar-refractivity contribution in [2.45, 2.75) is 32.4 Å². The first-order valence-corrected chi connectivity index (χ1v) is 12.4. The molecule has 2 aromatic rings. The summed E-state index contributed by atoms with van der Waals surface area (Å²) in [7, 11) is 1.93. The molecule has 0 bridgehead atoms. The van der Waals surface area contributed by atoms with Gasteiger partial charge < -0.3 is 19.5 Å². The second-order valence-electron chi connectivity index (χ2n) is 9.54. The second kappa shape index (κ2) is 11.7. The Morgan fingerprint density at radius 3 is 2.56 bits per heavy atom. The Kier molecular flexibility index (Phi) is 8.37. The molecule has 3 amide bonds. The minimum absolute atomic E-state index is 0.0563. The minimum Gasteiger partial charge on any atom is -0.379 e. The number of benzene rings is 1. The van der Waals surface area contributed by atoms with E-state index in [-0.39, 0.29) is 36.4 Å². The van der Waals surface area contributed by atoms with Gasteiger partial charge in [0.2, 0.25) is 0 Å². The van der Waals surface area contributed by atoms with E-state index < -0.39 is 0 Å². The number of carbonyl (C=O) groups excluding carboxylic acids is 2. The van der Waals surface area contributed by atoms with E-state index in [1.807, 2.05) is 43.8 Å². The van der Waals surface area contributed by atoms with Crippen LogP contribution in [-0.4, -0.2) is 89.0 Å². The average molecular weight is 499 g/mol. The van der Waals surface area contributed by atoms with Crippen LogP contribution >= 0.6 is 0 Å². The minimum atomic E-state index is -0.378. The Hall–Kier alpha value is -3.24. The van der Waals surface area contributed by atoms with Crippen molar-refractivity contribution in [2.75, 3.05) is 45.9 Å². The van der Waals surface area contributed by atoms with Crippen LogP contribution in [0.2, 0.25) is 0 Å². The summed E-state index contributed by atoms with van der Waals surface area (Å²) in [6.45, 7) is 7.68. The lowest BCUT2D eigenvalue weighted by atomic mass is 10.0. The molecule has 10 heteroatoms. The molecule has 36 heavy (non-hydrogen) atoms. The van der Waals surface area contributed by atoms with Crippen LogP contribution in [0.4, 0.5) is 9.18 Å². The van der Waals surface area contributed by atoms with Gasteiger partial charge in [0.15, 0.2) is 0 Å². The Labute approximate surface area is 211 Å². The van der Waals surface area contributed by atoms with Crippen LogP contribution in [0.3, 0.4) is 0 Å². The fourth-order valence-electron chi connectivity index (χ4n) is 4.51. The van der Waals surface area contributed by atoms with Crippen molar-refractivity contribution < 1.29 is 18.7 Å². The fraction of sp³-hybridized carbons (Fsp3) is 0.500. The van der Waals surface area contributed by atoms with Crippen LogP contribution in [-0.2, 0) is 16.6 Å². The fourth-order valence-corrected chi connectivity index (χ4v) is 4.51. The number of aromatic nitrogens is 1. The summed E-state index contributed by atoms with van der Waals surface area (Å²) in [6.07, 6.45) is 2.43. The highest BCUT2D eigenvalue weighted by Gasteiger charge is 2.35. The molecule has 1 fully saturated rings. The Balaban J connectivity index is 1.54. The van der Waals surface area contributed by atoms with Gasteiger partial charge in [-0.3, -0.25) is 9.69 Å². The first kappa shape index (κ1) is 25.8. The number of halogens is 1. The van der Waals surface area contributed by atoms with Crippen molar-refractivity contribution in [1.82, 2.24) is 24.7 Å². The van der Waals surface area contributed by atoms with E-state index in [1.165, 1.54) is 17.1 Å². The second-order valence-corrected chi connectivity index (χ2v) is 9.54. The van der Waals surface area contributed by atoms with Crippen molar-refractivity contribution in [2.24, 2.45) is 12.1 Å². The molecule has 4 rings (SSSR count). The van der Waals surface area contributed by atoms with Gasteiger partial charge in [-0.25, -0.2) is 14.2 Å². The maximum atomic E-state index is 13.6. The Morgan fingerprint density at radius 2 is 1.92 bits per heavy atom. The van der Waals surface area contributed by atoms with Crippen molar-refractivity contribution in [3.8, 4) is 0 Å². The predicted molar refractivity (Wildman–Crippen MR) is 135 cm³/mol. The third-order valence-corrected chi connectivity index (χ3v) is 6.48. The number of hydrazone groups is 1. The summed E-state index contributed by atoms with van der Waals surface area (Å²) in [6, 6.07) is 9.33. The van der Waals surface area contributed by atoms with Crippen LogP contribution in [0.25, 0.3) is 0 Å². The molecule has 0 spiro atoms. The van der Waals surface area contributed by atoms with Gasteiger partial charge in [0.1, 0.15) is 12.4 Å². The summed E-state index contributed by atoms with van der Waals surface area (Å²) in [5.74, 6) is -0.618. The average Bonchev–Trinajstić information content (AvgIpc) is 3.48. The monoisotopic (exact) mass is 498 g/mol. The Morgan fingerprint density at radius 1 is 1.19 bits per heavy atom. The maximum Gasteiger partial charge on any atom is 0.318 e. The molecule has 194 valence electrons. The normalized spacial score (nSPS) is 18.4. The van der Waals surface area contributed by atoms with Crippen LogP contribution in [0.5, 0.6) is 0 Å². The smallest absolute Gasteiger partial charge is 0.318 e. The highest BCUT2D eigenvalue weighted by Crippen LogP contribution is 2.33. The lowest BCUT2D eigenvalue weighted by Crippen LogP contribution is -2.50. The standard InChI is InChI=1S/C26H35FN6O3/c1-19(2)28-26(35)32(12-11-31-13-15-36-16-14-31)18-25(34)33-24(20-6-8-21(27)9-7-20)17-22(29-33)23-5-4-10-30(23)3/h4-10,19,24H,11-18H2,1-3H3,(H,28,35). The molecule has 9 nitrogen and oxygen atoms in total. The highest BCUT2D eigenvalue weighted by molar-refractivity contribution is 6.02. The van der Waals surface area contributed by atoms with E-state index in [1.54, 1.807) is 17.0 Å².